The van der Waals surface area contributed by atoms with Gasteiger partial charge in [0.1, 0.15) is 6.54 Å². The van der Waals surface area contributed by atoms with E-state index in [4.69, 9.17) is 4.52 Å². The van der Waals surface area contributed by atoms with Crippen molar-refractivity contribution in [3.63, 3.8) is 0 Å². The molecule has 1 amide bonds. The summed E-state index contributed by atoms with van der Waals surface area (Å²) in [5.41, 5.74) is 0.943. The first-order valence-corrected chi connectivity index (χ1v) is 6.87. The highest BCUT2D eigenvalue weighted by Gasteiger charge is 2.38. The average Bonchev–Trinajstić information content (AvgIpc) is 2.99. The van der Waals surface area contributed by atoms with Gasteiger partial charge in [-0.2, -0.15) is 4.98 Å². The summed E-state index contributed by atoms with van der Waals surface area (Å²) in [6, 6.07) is 5.22. The second-order valence-corrected chi connectivity index (χ2v) is 5.17. The van der Waals surface area contributed by atoms with Gasteiger partial charge in [0.05, 0.1) is 11.3 Å². The van der Waals surface area contributed by atoms with Gasteiger partial charge in [-0.05, 0) is 28.1 Å². The van der Waals surface area contributed by atoms with Crippen molar-refractivity contribution in [1.29, 1.82) is 0 Å². The van der Waals surface area contributed by atoms with Gasteiger partial charge in [0.2, 0.25) is 5.89 Å². The lowest BCUT2D eigenvalue weighted by Gasteiger charge is -2.13. The van der Waals surface area contributed by atoms with E-state index in [9.17, 15) is 9.59 Å². The zero-order chi connectivity index (χ0) is 14.3. The fraction of sp³-hybridized carbons (Fsp3) is 0.231. The maximum Gasteiger partial charge on any atom is 0.299 e. The van der Waals surface area contributed by atoms with Crippen LogP contribution in [0.4, 0.5) is 5.69 Å². The molecule has 0 aliphatic carbocycles. The van der Waals surface area contributed by atoms with Gasteiger partial charge in [0.15, 0.2) is 5.82 Å². The first-order chi connectivity index (χ1) is 9.61. The van der Waals surface area contributed by atoms with Crippen LogP contribution in [0.3, 0.4) is 0 Å². The van der Waals surface area contributed by atoms with Gasteiger partial charge in [-0.3, -0.25) is 14.5 Å². The summed E-state index contributed by atoms with van der Waals surface area (Å²) < 4.78 is 5.68. The Balaban J connectivity index is 1.97. The summed E-state index contributed by atoms with van der Waals surface area (Å²) in [5, 5.41) is 3.78. The molecule has 1 aliphatic heterocycles. The van der Waals surface area contributed by atoms with Crippen molar-refractivity contribution in [2.24, 2.45) is 0 Å². The molecule has 0 radical (unpaired) electrons. The highest BCUT2D eigenvalue weighted by Crippen LogP contribution is 2.34. The third-order valence-corrected chi connectivity index (χ3v) is 3.73. The van der Waals surface area contributed by atoms with Gasteiger partial charge in [-0.25, -0.2) is 0 Å². The van der Waals surface area contributed by atoms with Crippen molar-refractivity contribution < 1.29 is 14.1 Å². The van der Waals surface area contributed by atoms with Gasteiger partial charge in [-0.1, -0.05) is 18.1 Å². The number of fused-ring (bicyclic) bond motifs is 1. The number of hydrogen-bond donors (Lipinski definition) is 0. The number of aryl methyl sites for hydroxylation is 1. The summed E-state index contributed by atoms with van der Waals surface area (Å²) in [6.45, 7) is 2.01. The van der Waals surface area contributed by atoms with E-state index in [0.717, 1.165) is 0 Å². The summed E-state index contributed by atoms with van der Waals surface area (Å²) in [6.07, 6.45) is 0.651. The zero-order valence-corrected chi connectivity index (χ0v) is 12.2. The number of benzene rings is 1. The van der Waals surface area contributed by atoms with Crippen LogP contribution >= 0.6 is 15.9 Å². The predicted molar refractivity (Wildman–Crippen MR) is 73.3 cm³/mol. The van der Waals surface area contributed by atoms with Crippen molar-refractivity contribution in [3.05, 3.63) is 40.0 Å². The monoisotopic (exact) mass is 335 g/mol. The van der Waals surface area contributed by atoms with Crippen molar-refractivity contribution >= 4 is 33.3 Å². The molecule has 0 fully saturated rings. The molecular weight excluding hydrogens is 326 g/mol. The van der Waals surface area contributed by atoms with Crippen LogP contribution in [0.5, 0.6) is 0 Å². The maximum absolute atomic E-state index is 12.1. The summed E-state index contributed by atoms with van der Waals surface area (Å²) in [5.74, 6) is -0.214. The Morgan fingerprint density at radius 3 is 2.85 bits per heavy atom. The normalized spacial score (nSPS) is 14.0. The number of Topliss-reactive ketones (excluding diaryl/α,β-unsaturated/α-hetero) is 1. The lowest BCUT2D eigenvalue weighted by atomic mass is 10.1. The Bertz CT molecular complexity index is 711. The molecular formula is C13H10BrN3O3. The molecule has 0 atom stereocenters. The Labute approximate surface area is 122 Å². The third-order valence-electron chi connectivity index (χ3n) is 3.07. The van der Waals surface area contributed by atoms with E-state index in [2.05, 4.69) is 26.1 Å². The van der Waals surface area contributed by atoms with E-state index in [1.54, 1.807) is 18.2 Å². The second-order valence-electron chi connectivity index (χ2n) is 4.31. The largest absolute Gasteiger partial charge is 0.337 e. The first-order valence-electron chi connectivity index (χ1n) is 6.08. The molecule has 0 unspecified atom stereocenters. The number of nitrogens with zero attached hydrogens (tertiary/aromatic N) is 3. The van der Waals surface area contributed by atoms with Crippen LogP contribution in [-0.2, 0) is 17.8 Å². The quantitative estimate of drug-likeness (QED) is 0.803. The van der Waals surface area contributed by atoms with E-state index in [0.29, 0.717) is 33.9 Å². The van der Waals surface area contributed by atoms with Crippen LogP contribution in [-0.4, -0.2) is 21.8 Å². The number of halogens is 1. The van der Waals surface area contributed by atoms with Crippen LogP contribution in [0.1, 0.15) is 29.0 Å². The molecule has 0 saturated carbocycles. The SMILES string of the molecule is CCc1noc(CN2C(=O)C(=O)c3c(Br)cccc32)n1. The molecule has 1 aromatic heterocycles. The first kappa shape index (κ1) is 13.0. The van der Waals surface area contributed by atoms with E-state index in [1.807, 2.05) is 6.92 Å². The molecule has 6 nitrogen and oxygen atoms in total. The molecule has 0 bridgehead atoms. The molecule has 7 heteroatoms. The van der Waals surface area contributed by atoms with Gasteiger partial charge in [0, 0.05) is 10.9 Å². The zero-order valence-electron chi connectivity index (χ0n) is 10.6. The molecule has 2 aromatic rings. The second kappa shape index (κ2) is 4.82. The molecule has 102 valence electrons. The number of hydrogen-bond acceptors (Lipinski definition) is 5. The lowest BCUT2D eigenvalue weighted by Crippen LogP contribution is -2.29. The smallest absolute Gasteiger partial charge is 0.299 e. The highest BCUT2D eigenvalue weighted by atomic mass is 79.9. The van der Waals surface area contributed by atoms with E-state index >= 15 is 0 Å². The molecule has 0 spiro atoms. The van der Waals surface area contributed by atoms with Gasteiger partial charge < -0.3 is 4.52 Å². The van der Waals surface area contributed by atoms with Gasteiger partial charge in [0.25, 0.3) is 11.7 Å². The van der Waals surface area contributed by atoms with Crippen LogP contribution in [0.15, 0.2) is 27.2 Å². The van der Waals surface area contributed by atoms with Crippen molar-refractivity contribution in [2.75, 3.05) is 4.90 Å². The Hall–Kier alpha value is -2.02. The number of ketones is 1. The van der Waals surface area contributed by atoms with Crippen LogP contribution in [0.2, 0.25) is 0 Å². The molecule has 3 rings (SSSR count). The minimum Gasteiger partial charge on any atom is -0.337 e. The van der Waals surface area contributed by atoms with Crippen molar-refractivity contribution in [3.8, 4) is 0 Å². The maximum atomic E-state index is 12.1. The predicted octanol–water partition coefficient (Wildman–Crippen LogP) is 2.12. The number of amides is 1. The standard InChI is InChI=1S/C13H10BrN3O3/c1-2-9-15-10(20-16-9)6-17-8-5-3-4-7(14)11(8)12(18)13(17)19/h3-5H,2,6H2,1H3. The van der Waals surface area contributed by atoms with Crippen molar-refractivity contribution in [1.82, 2.24) is 10.1 Å². The lowest BCUT2D eigenvalue weighted by molar-refractivity contribution is -0.114. The molecule has 20 heavy (non-hydrogen) atoms. The molecule has 1 aromatic carbocycles. The van der Waals surface area contributed by atoms with Crippen LogP contribution in [0.25, 0.3) is 0 Å². The van der Waals surface area contributed by atoms with Crippen LogP contribution in [0, 0.1) is 0 Å². The Morgan fingerprint density at radius 2 is 2.15 bits per heavy atom. The third kappa shape index (κ3) is 1.94. The fourth-order valence-electron chi connectivity index (χ4n) is 2.09. The van der Waals surface area contributed by atoms with Crippen molar-refractivity contribution in [2.45, 2.75) is 19.9 Å². The van der Waals surface area contributed by atoms with Gasteiger partial charge in [-0.15, -0.1) is 0 Å². The fourth-order valence-corrected chi connectivity index (χ4v) is 2.63. The molecule has 2 heterocycles. The number of carbonyl (C=O) groups is 2. The number of rotatable bonds is 3. The van der Waals surface area contributed by atoms with E-state index < -0.39 is 11.7 Å². The summed E-state index contributed by atoms with van der Waals surface area (Å²) in [7, 11) is 0. The molecule has 0 saturated heterocycles. The summed E-state index contributed by atoms with van der Waals surface area (Å²) >= 11 is 3.29. The Kier molecular flexibility index (Phi) is 3.13. The minimum absolute atomic E-state index is 0.0982. The van der Waals surface area contributed by atoms with Gasteiger partial charge >= 0.3 is 0 Å². The minimum atomic E-state index is -0.580. The number of aromatic nitrogens is 2. The number of anilines is 1. The highest BCUT2D eigenvalue weighted by molar-refractivity contribution is 9.10. The topological polar surface area (TPSA) is 76.3 Å². The molecule has 1 aliphatic rings. The van der Waals surface area contributed by atoms with E-state index in [1.165, 1.54) is 4.90 Å². The van der Waals surface area contributed by atoms with E-state index in [-0.39, 0.29) is 6.54 Å². The Morgan fingerprint density at radius 1 is 1.35 bits per heavy atom. The average molecular weight is 336 g/mol. The number of carbonyl (C=O) groups excluding carboxylic acids is 2. The summed E-state index contributed by atoms with van der Waals surface area (Å²) in [4.78, 5) is 29.6. The van der Waals surface area contributed by atoms with Crippen LogP contribution < -0.4 is 4.90 Å². The molecule has 0 N–H and O–H groups in total.